The van der Waals surface area contributed by atoms with Crippen molar-refractivity contribution < 1.29 is 28.6 Å². The van der Waals surface area contributed by atoms with Gasteiger partial charge in [0.05, 0.1) is 0 Å². The lowest BCUT2D eigenvalue weighted by Crippen LogP contribution is -2.30. The summed E-state index contributed by atoms with van der Waals surface area (Å²) >= 11 is 0. The Bertz CT molecular complexity index is 1230. The normalized spacial score (nSPS) is 12.6. The molecule has 0 fully saturated rings. The molecule has 1 atom stereocenters. The van der Waals surface area contributed by atoms with Gasteiger partial charge in [-0.25, -0.2) is 0 Å². The van der Waals surface area contributed by atoms with E-state index in [4.69, 9.17) is 14.2 Å². The first-order chi connectivity index (χ1) is 32.0. The van der Waals surface area contributed by atoms with Crippen molar-refractivity contribution in [1.82, 2.24) is 0 Å². The van der Waals surface area contributed by atoms with E-state index < -0.39 is 12.1 Å². The number of hydrogen-bond acceptors (Lipinski definition) is 6. The van der Waals surface area contributed by atoms with Crippen LogP contribution >= 0.6 is 0 Å². The predicted octanol–water partition coefficient (Wildman–Crippen LogP) is 18.2. The van der Waals surface area contributed by atoms with Gasteiger partial charge in [-0.2, -0.15) is 0 Å². The molecule has 65 heavy (non-hydrogen) atoms. The van der Waals surface area contributed by atoms with Crippen LogP contribution in [0.2, 0.25) is 0 Å². The SMILES string of the molecule is CCCC/C=C\CCCCCCCC(=O)OC[C@H](COC(=O)CCCCCCCCCCCCCCCCCCC)OC(=O)CC/C=C\C/C=C\C/C=C\C/C=C\C/C=C\CCCCC. The average molecular weight is 907 g/mol. The van der Waals surface area contributed by atoms with Crippen LogP contribution in [0, 0.1) is 0 Å². The third-order valence-corrected chi connectivity index (χ3v) is 11.7. The minimum atomic E-state index is -0.816. The van der Waals surface area contributed by atoms with Crippen molar-refractivity contribution in [2.45, 2.75) is 271 Å². The molecule has 0 N–H and O–H groups in total. The van der Waals surface area contributed by atoms with E-state index in [0.717, 1.165) is 77.0 Å². The van der Waals surface area contributed by atoms with Crippen LogP contribution < -0.4 is 0 Å². The van der Waals surface area contributed by atoms with Gasteiger partial charge in [0.2, 0.25) is 0 Å². The van der Waals surface area contributed by atoms with Crippen LogP contribution in [-0.4, -0.2) is 37.2 Å². The van der Waals surface area contributed by atoms with Crippen LogP contribution in [0.4, 0.5) is 0 Å². The molecule has 0 bridgehead atoms. The molecule has 0 aliphatic carbocycles. The van der Waals surface area contributed by atoms with Crippen LogP contribution in [-0.2, 0) is 28.6 Å². The third kappa shape index (κ3) is 51.7. The van der Waals surface area contributed by atoms with Crippen molar-refractivity contribution in [2.24, 2.45) is 0 Å². The van der Waals surface area contributed by atoms with Crippen LogP contribution in [0.15, 0.2) is 72.9 Å². The highest BCUT2D eigenvalue weighted by molar-refractivity contribution is 5.71. The number of esters is 3. The lowest BCUT2D eigenvalue weighted by Gasteiger charge is -2.18. The van der Waals surface area contributed by atoms with Gasteiger partial charge >= 0.3 is 17.9 Å². The van der Waals surface area contributed by atoms with Crippen molar-refractivity contribution in [1.29, 1.82) is 0 Å². The third-order valence-electron chi connectivity index (χ3n) is 11.7. The Morgan fingerprint density at radius 3 is 1.02 bits per heavy atom. The summed E-state index contributed by atoms with van der Waals surface area (Å²) in [7, 11) is 0. The maximum atomic E-state index is 12.8. The fourth-order valence-electron chi connectivity index (χ4n) is 7.52. The average Bonchev–Trinajstić information content (AvgIpc) is 3.30. The van der Waals surface area contributed by atoms with Gasteiger partial charge in [-0.05, 0) is 77.0 Å². The molecule has 0 saturated heterocycles. The van der Waals surface area contributed by atoms with Crippen LogP contribution in [0.1, 0.15) is 265 Å². The number of carbonyl (C=O) groups is 3. The van der Waals surface area contributed by atoms with E-state index in [0.29, 0.717) is 19.3 Å². The van der Waals surface area contributed by atoms with E-state index in [2.05, 4.69) is 87.6 Å². The Balaban J connectivity index is 4.46. The summed E-state index contributed by atoms with van der Waals surface area (Å²) in [6, 6.07) is 0. The minimum Gasteiger partial charge on any atom is -0.462 e. The van der Waals surface area contributed by atoms with Gasteiger partial charge in [0.25, 0.3) is 0 Å². The molecule has 0 aromatic rings. The summed E-state index contributed by atoms with van der Waals surface area (Å²) in [5.41, 5.74) is 0. The smallest absolute Gasteiger partial charge is 0.306 e. The van der Waals surface area contributed by atoms with Crippen LogP contribution in [0.3, 0.4) is 0 Å². The zero-order chi connectivity index (χ0) is 47.2. The van der Waals surface area contributed by atoms with Crippen LogP contribution in [0.5, 0.6) is 0 Å². The molecular formula is C59H102O6. The lowest BCUT2D eigenvalue weighted by molar-refractivity contribution is -0.166. The lowest BCUT2D eigenvalue weighted by atomic mass is 10.0. The second-order valence-corrected chi connectivity index (χ2v) is 18.1. The molecule has 374 valence electrons. The fraction of sp³-hybridized carbons (Fsp3) is 0.746. The second-order valence-electron chi connectivity index (χ2n) is 18.1. The molecule has 0 aliphatic heterocycles. The Morgan fingerprint density at radius 1 is 0.308 bits per heavy atom. The molecule has 0 aromatic carbocycles. The van der Waals surface area contributed by atoms with Crippen molar-refractivity contribution >= 4 is 17.9 Å². The van der Waals surface area contributed by atoms with E-state index in [1.807, 2.05) is 6.08 Å². The number of hydrogen-bond donors (Lipinski definition) is 0. The molecular weight excluding hydrogens is 805 g/mol. The quantitative estimate of drug-likeness (QED) is 0.0262. The molecule has 0 amide bonds. The number of unbranched alkanes of at least 4 members (excludes halogenated alkanes) is 26. The van der Waals surface area contributed by atoms with Gasteiger partial charge < -0.3 is 14.2 Å². The maximum Gasteiger partial charge on any atom is 0.306 e. The molecule has 0 unspecified atom stereocenters. The molecule has 0 aliphatic rings. The molecule has 6 nitrogen and oxygen atoms in total. The van der Waals surface area contributed by atoms with Gasteiger partial charge in [-0.3, -0.25) is 14.4 Å². The first-order valence-electron chi connectivity index (χ1n) is 27.4. The number of rotatable bonds is 49. The van der Waals surface area contributed by atoms with E-state index in [1.54, 1.807) is 0 Å². The molecule has 0 rings (SSSR count). The zero-order valence-corrected chi connectivity index (χ0v) is 42.7. The largest absolute Gasteiger partial charge is 0.462 e. The standard InChI is InChI=1S/C59H102O6/c1-4-7-10-13-16-19-22-24-26-28-29-31-33-35-38-41-44-47-50-53-59(62)65-56(54-63-57(60)51-48-45-42-39-36-21-18-15-12-9-6-3)55-64-58(61)52-49-46-43-40-37-34-32-30-27-25-23-20-17-14-11-8-5-2/h15-16,18-19,24,26,29,31,35,38,44,47,56H,4-14,17,20-23,25,27-28,30,32-34,36-37,39-43,45-46,48-55H2,1-3H3/b18-15-,19-16-,26-24-,31-29-,38-35-,47-44-/t56-/m1/s1. The van der Waals surface area contributed by atoms with Crippen molar-refractivity contribution in [3.05, 3.63) is 72.9 Å². The van der Waals surface area contributed by atoms with Gasteiger partial charge in [0.1, 0.15) is 13.2 Å². The van der Waals surface area contributed by atoms with Crippen molar-refractivity contribution in [2.75, 3.05) is 13.2 Å². The maximum absolute atomic E-state index is 12.8. The van der Waals surface area contributed by atoms with Gasteiger partial charge in [-0.1, -0.05) is 241 Å². The molecule has 0 aromatic heterocycles. The van der Waals surface area contributed by atoms with Gasteiger partial charge in [0.15, 0.2) is 6.10 Å². The first-order valence-corrected chi connectivity index (χ1v) is 27.4. The Kier molecular flexibility index (Phi) is 50.9. The number of carbonyl (C=O) groups excluding carboxylic acids is 3. The van der Waals surface area contributed by atoms with E-state index in [9.17, 15) is 14.4 Å². The zero-order valence-electron chi connectivity index (χ0n) is 42.7. The second kappa shape index (κ2) is 53.5. The summed E-state index contributed by atoms with van der Waals surface area (Å²) in [4.78, 5) is 38.0. The summed E-state index contributed by atoms with van der Waals surface area (Å²) < 4.78 is 16.7. The van der Waals surface area contributed by atoms with Gasteiger partial charge in [0, 0.05) is 19.3 Å². The molecule has 0 spiro atoms. The number of allylic oxidation sites excluding steroid dienone is 12. The van der Waals surface area contributed by atoms with Crippen LogP contribution in [0.25, 0.3) is 0 Å². The first kappa shape index (κ1) is 61.9. The topological polar surface area (TPSA) is 78.9 Å². The number of ether oxygens (including phenoxy) is 3. The Morgan fingerprint density at radius 2 is 0.600 bits per heavy atom. The summed E-state index contributed by atoms with van der Waals surface area (Å²) in [5, 5.41) is 0. The van der Waals surface area contributed by atoms with E-state index >= 15 is 0 Å². The van der Waals surface area contributed by atoms with Crippen molar-refractivity contribution in [3.63, 3.8) is 0 Å². The highest BCUT2D eigenvalue weighted by Gasteiger charge is 2.19. The Labute approximate surface area is 402 Å². The molecule has 0 radical (unpaired) electrons. The molecule has 0 saturated carbocycles. The fourth-order valence-corrected chi connectivity index (χ4v) is 7.52. The van der Waals surface area contributed by atoms with Gasteiger partial charge in [-0.15, -0.1) is 0 Å². The summed E-state index contributed by atoms with van der Waals surface area (Å²) in [6.07, 6.45) is 67.6. The highest BCUT2D eigenvalue weighted by Crippen LogP contribution is 2.15. The Hall–Kier alpha value is -3.15. The predicted molar refractivity (Wildman–Crippen MR) is 279 cm³/mol. The summed E-state index contributed by atoms with van der Waals surface area (Å²) in [5.74, 6) is -0.994. The van der Waals surface area contributed by atoms with E-state index in [-0.39, 0.29) is 31.6 Å². The molecule has 6 heteroatoms. The minimum absolute atomic E-state index is 0.106. The molecule has 0 heterocycles. The monoisotopic (exact) mass is 907 g/mol. The van der Waals surface area contributed by atoms with E-state index in [1.165, 1.54) is 141 Å². The van der Waals surface area contributed by atoms with Crippen molar-refractivity contribution in [3.8, 4) is 0 Å². The highest BCUT2D eigenvalue weighted by atomic mass is 16.6. The summed E-state index contributed by atoms with van der Waals surface area (Å²) in [6.45, 7) is 6.52.